The highest BCUT2D eigenvalue weighted by Crippen LogP contribution is 2.19. The Morgan fingerprint density at radius 2 is 1.96 bits per heavy atom. The molecule has 24 heavy (non-hydrogen) atoms. The molecule has 0 bridgehead atoms. The number of rotatable bonds is 8. The van der Waals surface area contributed by atoms with Gasteiger partial charge in [0.15, 0.2) is 0 Å². The molecule has 0 unspecified atom stereocenters. The molecule has 0 aromatic carbocycles. The molecule has 6 nitrogen and oxygen atoms in total. The molecule has 1 aliphatic heterocycles. The molecule has 6 heteroatoms. The van der Waals surface area contributed by atoms with Crippen LogP contribution in [-0.2, 0) is 0 Å². The summed E-state index contributed by atoms with van der Waals surface area (Å²) in [5.74, 6) is 0.444. The zero-order valence-electron chi connectivity index (χ0n) is 14.8. The molecule has 134 valence electrons. The van der Waals surface area contributed by atoms with Gasteiger partial charge in [0.2, 0.25) is 5.88 Å². The number of aryl methyl sites for hydroxylation is 1. The monoisotopic (exact) mass is 335 g/mol. The standard InChI is InChI=1S/C18H29N3O3/c1-3-24-17-16(8-7-15(2)19-17)18(23)21-12-10-20(11-13-21)9-5-4-6-14-22/h7-8,22H,3-6,9-14H2,1-2H3. The Morgan fingerprint density at radius 1 is 1.21 bits per heavy atom. The number of hydrogen-bond donors (Lipinski definition) is 1. The van der Waals surface area contributed by atoms with Gasteiger partial charge in [0.25, 0.3) is 5.91 Å². The first kappa shape index (κ1) is 18.7. The number of hydrogen-bond acceptors (Lipinski definition) is 5. The molecule has 1 aromatic heterocycles. The van der Waals surface area contributed by atoms with Gasteiger partial charge in [-0.1, -0.05) is 0 Å². The van der Waals surface area contributed by atoms with E-state index in [0.717, 1.165) is 57.7 Å². The Bertz CT molecular complexity index is 528. The molecule has 2 heterocycles. The van der Waals surface area contributed by atoms with Crippen LogP contribution in [0, 0.1) is 6.92 Å². The summed E-state index contributed by atoms with van der Waals surface area (Å²) >= 11 is 0. The normalized spacial score (nSPS) is 15.5. The van der Waals surface area contributed by atoms with Crippen molar-refractivity contribution in [1.82, 2.24) is 14.8 Å². The van der Waals surface area contributed by atoms with Crippen molar-refractivity contribution in [3.8, 4) is 5.88 Å². The van der Waals surface area contributed by atoms with Crippen LogP contribution in [0.3, 0.4) is 0 Å². The van der Waals surface area contributed by atoms with Gasteiger partial charge in [0, 0.05) is 38.5 Å². The molecule has 1 saturated heterocycles. The molecule has 0 aliphatic carbocycles. The first-order valence-electron chi connectivity index (χ1n) is 8.88. The second-order valence-corrected chi connectivity index (χ2v) is 6.16. The Hall–Kier alpha value is -1.66. The molecule has 0 saturated carbocycles. The van der Waals surface area contributed by atoms with E-state index in [-0.39, 0.29) is 12.5 Å². The summed E-state index contributed by atoms with van der Waals surface area (Å²) in [5.41, 5.74) is 1.40. The maximum atomic E-state index is 12.8. The Labute approximate surface area is 144 Å². The number of carbonyl (C=O) groups excluding carboxylic acids is 1. The smallest absolute Gasteiger partial charge is 0.259 e. The topological polar surface area (TPSA) is 65.9 Å². The largest absolute Gasteiger partial charge is 0.477 e. The van der Waals surface area contributed by atoms with Crippen LogP contribution in [-0.4, -0.2) is 71.7 Å². The predicted molar refractivity (Wildman–Crippen MR) is 93.4 cm³/mol. The Morgan fingerprint density at radius 3 is 2.62 bits per heavy atom. The molecular weight excluding hydrogens is 306 g/mol. The van der Waals surface area contributed by atoms with Crippen molar-refractivity contribution < 1.29 is 14.6 Å². The number of ether oxygens (including phenoxy) is 1. The van der Waals surface area contributed by atoms with E-state index in [1.165, 1.54) is 0 Å². The third-order valence-electron chi connectivity index (χ3n) is 4.30. The van der Waals surface area contributed by atoms with E-state index in [0.29, 0.717) is 18.1 Å². The van der Waals surface area contributed by atoms with Gasteiger partial charge in [0.05, 0.1) is 6.61 Å². The molecule has 0 spiro atoms. The third kappa shape index (κ3) is 5.18. The van der Waals surface area contributed by atoms with Crippen LogP contribution < -0.4 is 4.74 Å². The van der Waals surface area contributed by atoms with E-state index >= 15 is 0 Å². The summed E-state index contributed by atoms with van der Waals surface area (Å²) < 4.78 is 5.54. The number of amides is 1. The third-order valence-corrected chi connectivity index (χ3v) is 4.30. The first-order valence-corrected chi connectivity index (χ1v) is 8.88. The van der Waals surface area contributed by atoms with Crippen molar-refractivity contribution in [1.29, 1.82) is 0 Å². The van der Waals surface area contributed by atoms with Crippen molar-refractivity contribution in [2.45, 2.75) is 33.1 Å². The van der Waals surface area contributed by atoms with Gasteiger partial charge < -0.3 is 14.7 Å². The fraction of sp³-hybridized carbons (Fsp3) is 0.667. The van der Waals surface area contributed by atoms with Gasteiger partial charge in [0.1, 0.15) is 5.56 Å². The molecule has 0 radical (unpaired) electrons. The quantitative estimate of drug-likeness (QED) is 0.733. The fourth-order valence-corrected chi connectivity index (χ4v) is 2.91. The number of aliphatic hydroxyl groups is 1. The van der Waals surface area contributed by atoms with Crippen LogP contribution in [0.1, 0.15) is 42.2 Å². The molecule has 1 aliphatic rings. The minimum atomic E-state index is 0.00544. The van der Waals surface area contributed by atoms with E-state index in [9.17, 15) is 4.79 Å². The van der Waals surface area contributed by atoms with Gasteiger partial charge in [-0.25, -0.2) is 4.98 Å². The summed E-state index contributed by atoms with van der Waals surface area (Å²) in [5, 5.41) is 8.81. The average Bonchev–Trinajstić information content (AvgIpc) is 2.59. The molecule has 1 amide bonds. The lowest BCUT2D eigenvalue weighted by Gasteiger charge is -2.35. The van der Waals surface area contributed by atoms with Gasteiger partial charge in [-0.2, -0.15) is 0 Å². The fourth-order valence-electron chi connectivity index (χ4n) is 2.91. The molecular formula is C18H29N3O3. The van der Waals surface area contributed by atoms with Crippen LogP contribution >= 0.6 is 0 Å². The maximum Gasteiger partial charge on any atom is 0.259 e. The lowest BCUT2D eigenvalue weighted by atomic mass is 10.2. The predicted octanol–water partition coefficient (Wildman–Crippen LogP) is 1.71. The zero-order valence-corrected chi connectivity index (χ0v) is 14.8. The summed E-state index contributed by atoms with van der Waals surface area (Å²) in [7, 11) is 0. The first-order chi connectivity index (χ1) is 11.7. The van der Waals surface area contributed by atoms with E-state index < -0.39 is 0 Å². The molecule has 0 atom stereocenters. The maximum absolute atomic E-state index is 12.8. The van der Waals surface area contributed by atoms with Crippen molar-refractivity contribution in [2.75, 3.05) is 45.9 Å². The summed E-state index contributed by atoms with van der Waals surface area (Å²) in [6, 6.07) is 3.67. The lowest BCUT2D eigenvalue weighted by molar-refractivity contribution is 0.0629. The van der Waals surface area contributed by atoms with Crippen molar-refractivity contribution in [2.24, 2.45) is 0 Å². The minimum Gasteiger partial charge on any atom is -0.477 e. The number of aromatic nitrogens is 1. The Kier molecular flexibility index (Phi) is 7.46. The highest BCUT2D eigenvalue weighted by molar-refractivity contribution is 5.96. The second kappa shape index (κ2) is 9.59. The van der Waals surface area contributed by atoms with Crippen molar-refractivity contribution in [3.05, 3.63) is 23.4 Å². The van der Waals surface area contributed by atoms with Crippen LogP contribution in [0.2, 0.25) is 0 Å². The van der Waals surface area contributed by atoms with E-state index in [2.05, 4.69) is 9.88 Å². The number of carbonyl (C=O) groups is 1. The number of nitrogens with zero attached hydrogens (tertiary/aromatic N) is 3. The lowest BCUT2D eigenvalue weighted by Crippen LogP contribution is -2.48. The number of aliphatic hydroxyl groups excluding tert-OH is 1. The van der Waals surface area contributed by atoms with Crippen LogP contribution in [0.5, 0.6) is 5.88 Å². The van der Waals surface area contributed by atoms with Crippen LogP contribution in [0.15, 0.2) is 12.1 Å². The molecule has 1 fully saturated rings. The molecule has 2 rings (SSSR count). The second-order valence-electron chi connectivity index (χ2n) is 6.16. The highest BCUT2D eigenvalue weighted by atomic mass is 16.5. The van der Waals surface area contributed by atoms with Crippen LogP contribution in [0.4, 0.5) is 0 Å². The average molecular weight is 335 g/mol. The van der Waals surface area contributed by atoms with Crippen LogP contribution in [0.25, 0.3) is 0 Å². The summed E-state index contributed by atoms with van der Waals surface area (Å²) in [6.07, 6.45) is 3.03. The zero-order chi connectivity index (χ0) is 17.4. The minimum absolute atomic E-state index is 0.00544. The van der Waals surface area contributed by atoms with E-state index in [4.69, 9.17) is 9.84 Å². The summed E-state index contributed by atoms with van der Waals surface area (Å²) in [4.78, 5) is 21.4. The van der Waals surface area contributed by atoms with Crippen molar-refractivity contribution >= 4 is 5.91 Å². The van der Waals surface area contributed by atoms with Gasteiger partial charge in [-0.05, 0) is 51.8 Å². The molecule has 1 aromatic rings. The van der Waals surface area contributed by atoms with Gasteiger partial charge in [-0.3, -0.25) is 9.69 Å². The number of pyridine rings is 1. The SMILES string of the molecule is CCOc1nc(C)ccc1C(=O)N1CCN(CCCCCO)CC1. The highest BCUT2D eigenvalue weighted by Gasteiger charge is 2.24. The van der Waals surface area contributed by atoms with Gasteiger partial charge in [-0.15, -0.1) is 0 Å². The van der Waals surface area contributed by atoms with E-state index in [1.54, 1.807) is 0 Å². The van der Waals surface area contributed by atoms with Gasteiger partial charge >= 0.3 is 0 Å². The Balaban J connectivity index is 1.89. The summed E-state index contributed by atoms with van der Waals surface area (Å²) in [6.45, 7) is 8.87. The number of piperazine rings is 1. The molecule has 1 N–H and O–H groups in total. The van der Waals surface area contributed by atoms with Crippen molar-refractivity contribution in [3.63, 3.8) is 0 Å². The number of unbranched alkanes of at least 4 members (excludes halogenated alkanes) is 2. The van der Waals surface area contributed by atoms with E-state index in [1.807, 2.05) is 30.9 Å².